The van der Waals surface area contributed by atoms with Crippen molar-refractivity contribution in [2.75, 3.05) is 0 Å². The van der Waals surface area contributed by atoms with E-state index in [-0.39, 0.29) is 5.41 Å². The third-order valence-corrected chi connectivity index (χ3v) is 5.33. The molecule has 0 N–H and O–H groups in total. The van der Waals surface area contributed by atoms with Gasteiger partial charge in [0, 0.05) is 11.3 Å². The summed E-state index contributed by atoms with van der Waals surface area (Å²) in [6.07, 6.45) is 11.1. The summed E-state index contributed by atoms with van der Waals surface area (Å²) in [7, 11) is 0. The molecule has 2 aliphatic rings. The molecule has 0 radical (unpaired) electrons. The summed E-state index contributed by atoms with van der Waals surface area (Å²) in [5, 5.41) is 0. The molecule has 0 saturated carbocycles. The molecule has 2 aliphatic carbocycles. The van der Waals surface area contributed by atoms with Gasteiger partial charge in [0.1, 0.15) is 0 Å². The highest BCUT2D eigenvalue weighted by molar-refractivity contribution is 5.66. The number of hydrogen-bond acceptors (Lipinski definition) is 0. The van der Waals surface area contributed by atoms with Gasteiger partial charge in [-0.05, 0) is 42.4 Å². The maximum Gasteiger partial charge on any atom is 0.0339 e. The summed E-state index contributed by atoms with van der Waals surface area (Å²) in [5.74, 6) is 1.02. The van der Waals surface area contributed by atoms with Crippen molar-refractivity contribution in [1.82, 2.24) is 0 Å². The predicted octanol–water partition coefficient (Wildman–Crippen LogP) is 5.70. The van der Waals surface area contributed by atoms with Crippen LogP contribution in [0.2, 0.25) is 0 Å². The second-order valence-electron chi connectivity index (χ2n) is 6.13. The Morgan fingerprint density at radius 1 is 1.33 bits per heavy atom. The Bertz CT molecular complexity index is 644. The molecule has 3 atom stereocenters. The molecule has 0 aromatic heterocycles. The van der Waals surface area contributed by atoms with Gasteiger partial charge in [-0.25, -0.2) is 0 Å². The summed E-state index contributed by atoms with van der Waals surface area (Å²) in [4.78, 5) is 0. The average Bonchev–Trinajstić information content (AvgIpc) is 2.47. The zero-order chi connectivity index (χ0) is 15.0. The summed E-state index contributed by atoms with van der Waals surface area (Å²) >= 11 is 0. The van der Waals surface area contributed by atoms with Crippen LogP contribution in [0, 0.1) is 5.92 Å². The molecule has 1 spiro atoms. The standard InChI is InChI=1S/C21H24/c1-5-8-11-17-14-16(7-3)21(17)19-13-10-9-12-18(19)20(21)15(4)6-2/h5-6,8-10,12-14,17,20H,2,4,7,11H2,1,3H3/b8-5-. The van der Waals surface area contributed by atoms with Gasteiger partial charge in [0.25, 0.3) is 0 Å². The number of rotatable bonds is 5. The second kappa shape index (κ2) is 5.18. The third-order valence-electron chi connectivity index (χ3n) is 5.33. The topological polar surface area (TPSA) is 0 Å². The highest BCUT2D eigenvalue weighted by Gasteiger charge is 2.61. The fraction of sp³-hybridized carbons (Fsp3) is 0.333. The lowest BCUT2D eigenvalue weighted by Crippen LogP contribution is -2.55. The smallest absolute Gasteiger partial charge is 0.0339 e. The van der Waals surface area contributed by atoms with Crippen molar-refractivity contribution in [2.45, 2.75) is 38.0 Å². The van der Waals surface area contributed by atoms with Crippen LogP contribution in [0.1, 0.15) is 43.7 Å². The van der Waals surface area contributed by atoms with E-state index in [9.17, 15) is 0 Å². The lowest BCUT2D eigenvalue weighted by Gasteiger charge is -2.62. The quantitative estimate of drug-likeness (QED) is 0.478. The Labute approximate surface area is 128 Å². The van der Waals surface area contributed by atoms with E-state index in [0.29, 0.717) is 11.8 Å². The molecule has 3 unspecified atom stereocenters. The lowest BCUT2D eigenvalue weighted by molar-refractivity contribution is 0.237. The van der Waals surface area contributed by atoms with E-state index in [1.54, 1.807) is 5.57 Å². The molecule has 0 fully saturated rings. The third kappa shape index (κ3) is 1.68. The number of allylic oxidation sites excluding steroid dienone is 6. The van der Waals surface area contributed by atoms with Crippen LogP contribution in [0.5, 0.6) is 0 Å². The van der Waals surface area contributed by atoms with Gasteiger partial charge in [0.15, 0.2) is 0 Å². The van der Waals surface area contributed by atoms with Crippen molar-refractivity contribution in [3.05, 3.63) is 84.0 Å². The van der Waals surface area contributed by atoms with Crippen LogP contribution < -0.4 is 0 Å². The molecular formula is C21H24. The first-order valence-electron chi connectivity index (χ1n) is 7.94. The molecule has 0 heterocycles. The van der Waals surface area contributed by atoms with Gasteiger partial charge in [0.2, 0.25) is 0 Å². The van der Waals surface area contributed by atoms with Crippen LogP contribution in [0.15, 0.2) is 72.9 Å². The van der Waals surface area contributed by atoms with Gasteiger partial charge in [-0.1, -0.05) is 74.2 Å². The largest absolute Gasteiger partial charge is 0.0988 e. The van der Waals surface area contributed by atoms with Gasteiger partial charge in [-0.2, -0.15) is 0 Å². The lowest BCUT2D eigenvalue weighted by atomic mass is 9.41. The minimum atomic E-state index is 0.191. The zero-order valence-electron chi connectivity index (χ0n) is 13.1. The summed E-state index contributed by atoms with van der Waals surface area (Å²) in [6.45, 7) is 12.6. The molecule has 0 heteroatoms. The molecule has 21 heavy (non-hydrogen) atoms. The minimum absolute atomic E-state index is 0.191. The molecular weight excluding hydrogens is 252 g/mol. The van der Waals surface area contributed by atoms with Crippen LogP contribution >= 0.6 is 0 Å². The molecule has 1 aromatic carbocycles. The molecule has 0 saturated heterocycles. The van der Waals surface area contributed by atoms with Crippen LogP contribution in [0.4, 0.5) is 0 Å². The van der Waals surface area contributed by atoms with E-state index in [4.69, 9.17) is 0 Å². The van der Waals surface area contributed by atoms with Crippen molar-refractivity contribution in [3.8, 4) is 0 Å². The Morgan fingerprint density at radius 2 is 2.10 bits per heavy atom. The predicted molar refractivity (Wildman–Crippen MR) is 91.5 cm³/mol. The molecule has 1 aromatic rings. The van der Waals surface area contributed by atoms with E-state index >= 15 is 0 Å². The van der Waals surface area contributed by atoms with Gasteiger partial charge in [-0.3, -0.25) is 0 Å². The monoisotopic (exact) mass is 276 g/mol. The summed E-state index contributed by atoms with van der Waals surface area (Å²) in [5.41, 5.74) is 5.91. The van der Waals surface area contributed by atoms with Crippen molar-refractivity contribution >= 4 is 0 Å². The first-order valence-corrected chi connectivity index (χ1v) is 7.94. The fourth-order valence-corrected chi connectivity index (χ4v) is 4.43. The van der Waals surface area contributed by atoms with Crippen LogP contribution in [-0.2, 0) is 5.41 Å². The average molecular weight is 276 g/mol. The fourth-order valence-electron chi connectivity index (χ4n) is 4.43. The first-order chi connectivity index (χ1) is 10.2. The number of benzene rings is 1. The minimum Gasteiger partial charge on any atom is -0.0988 e. The van der Waals surface area contributed by atoms with Gasteiger partial charge in [-0.15, -0.1) is 0 Å². The van der Waals surface area contributed by atoms with E-state index in [0.717, 1.165) is 12.8 Å². The Balaban J connectivity index is 2.11. The SMILES string of the molecule is C=CC(=C)C1c2ccccc2C12C(CC)=CC2C/C=C\C. The Kier molecular flexibility index (Phi) is 3.49. The zero-order valence-corrected chi connectivity index (χ0v) is 13.1. The van der Waals surface area contributed by atoms with Crippen LogP contribution in [0.3, 0.4) is 0 Å². The normalized spacial score (nSPS) is 29.5. The van der Waals surface area contributed by atoms with Gasteiger partial charge in [0.05, 0.1) is 0 Å². The van der Waals surface area contributed by atoms with E-state index < -0.39 is 0 Å². The van der Waals surface area contributed by atoms with E-state index in [1.165, 1.54) is 16.7 Å². The summed E-state index contributed by atoms with van der Waals surface area (Å²) < 4.78 is 0. The molecule has 3 rings (SSSR count). The van der Waals surface area contributed by atoms with E-state index in [2.05, 4.69) is 69.5 Å². The molecule has 0 nitrogen and oxygen atoms in total. The van der Waals surface area contributed by atoms with Crippen molar-refractivity contribution < 1.29 is 0 Å². The first kappa shape index (κ1) is 14.1. The van der Waals surface area contributed by atoms with Crippen LogP contribution in [-0.4, -0.2) is 0 Å². The number of fused-ring (bicyclic) bond motifs is 2. The van der Waals surface area contributed by atoms with Crippen LogP contribution in [0.25, 0.3) is 0 Å². The molecule has 0 bridgehead atoms. The molecule has 108 valence electrons. The molecule has 0 amide bonds. The summed E-state index contributed by atoms with van der Waals surface area (Å²) in [6, 6.07) is 8.89. The number of hydrogen-bond donors (Lipinski definition) is 0. The van der Waals surface area contributed by atoms with Gasteiger partial charge >= 0.3 is 0 Å². The van der Waals surface area contributed by atoms with Crippen molar-refractivity contribution in [3.63, 3.8) is 0 Å². The van der Waals surface area contributed by atoms with E-state index in [1.807, 2.05) is 6.08 Å². The highest BCUT2D eigenvalue weighted by Crippen LogP contribution is 2.68. The van der Waals surface area contributed by atoms with Crippen molar-refractivity contribution in [1.29, 1.82) is 0 Å². The second-order valence-corrected chi connectivity index (χ2v) is 6.13. The Morgan fingerprint density at radius 3 is 2.76 bits per heavy atom. The van der Waals surface area contributed by atoms with Crippen molar-refractivity contribution in [2.24, 2.45) is 5.92 Å². The molecule has 0 aliphatic heterocycles. The highest BCUT2D eigenvalue weighted by atomic mass is 14.6. The Hall–Kier alpha value is -1.82. The van der Waals surface area contributed by atoms with Gasteiger partial charge < -0.3 is 0 Å². The maximum atomic E-state index is 4.29. The maximum absolute atomic E-state index is 4.29.